The van der Waals surface area contributed by atoms with Crippen molar-refractivity contribution in [1.82, 2.24) is 0 Å². The van der Waals surface area contributed by atoms with E-state index in [9.17, 15) is 15.3 Å². The average molecular weight is 495 g/mol. The van der Waals surface area contributed by atoms with E-state index < -0.39 is 12.2 Å². The van der Waals surface area contributed by atoms with Crippen LogP contribution >= 0.6 is 0 Å². The molecule has 8 nitrogen and oxygen atoms in total. The van der Waals surface area contributed by atoms with Crippen molar-refractivity contribution in [3.63, 3.8) is 0 Å². The zero-order chi connectivity index (χ0) is 25.6. The number of ether oxygens (including phenoxy) is 5. The Morgan fingerprint density at radius 2 is 1.47 bits per heavy atom. The third-order valence-electron chi connectivity index (χ3n) is 7.00. The lowest BCUT2D eigenvalue weighted by molar-refractivity contribution is 0.0185. The second-order valence-corrected chi connectivity index (χ2v) is 9.09. The van der Waals surface area contributed by atoms with Gasteiger partial charge in [-0.25, -0.2) is 0 Å². The summed E-state index contributed by atoms with van der Waals surface area (Å²) in [6.07, 6.45) is 0.0609. The maximum atomic E-state index is 11.1. The van der Waals surface area contributed by atoms with Crippen LogP contribution < -0.4 is 23.7 Å². The molecule has 0 aliphatic carbocycles. The Labute approximate surface area is 209 Å². The number of phenolic OH excluding ortho intramolecular Hbond substituents is 2. The first-order valence-electron chi connectivity index (χ1n) is 11.8. The van der Waals surface area contributed by atoms with Gasteiger partial charge in [-0.15, -0.1) is 0 Å². The molecule has 3 aromatic rings. The molecule has 0 fully saturated rings. The number of phenols is 2. The van der Waals surface area contributed by atoms with Gasteiger partial charge in [0.25, 0.3) is 0 Å². The fraction of sp³-hybridized carbons (Fsp3) is 0.357. The molecule has 8 heteroatoms. The molecule has 3 atom stereocenters. The van der Waals surface area contributed by atoms with Crippen molar-refractivity contribution >= 4 is 0 Å². The first-order chi connectivity index (χ1) is 17.4. The summed E-state index contributed by atoms with van der Waals surface area (Å²) in [4.78, 5) is 0. The smallest absolute Gasteiger partial charge is 0.200 e. The van der Waals surface area contributed by atoms with Gasteiger partial charge in [0.1, 0.15) is 29.1 Å². The quantitative estimate of drug-likeness (QED) is 0.475. The molecule has 0 saturated heterocycles. The Morgan fingerprint density at radius 3 is 2.08 bits per heavy atom. The molecule has 2 aliphatic heterocycles. The fourth-order valence-corrected chi connectivity index (χ4v) is 5.21. The normalized spacial score (nSPS) is 20.4. The molecule has 190 valence electrons. The first kappa shape index (κ1) is 23.9. The highest BCUT2D eigenvalue weighted by molar-refractivity contribution is 5.64. The summed E-state index contributed by atoms with van der Waals surface area (Å²) in [5.41, 5.74) is 4.19. The predicted molar refractivity (Wildman–Crippen MR) is 132 cm³/mol. The molecule has 0 aromatic heterocycles. The molecule has 0 amide bonds. The molecule has 36 heavy (non-hydrogen) atoms. The number of aliphatic hydroxyl groups is 1. The van der Waals surface area contributed by atoms with Crippen LogP contribution in [0.1, 0.15) is 46.4 Å². The van der Waals surface area contributed by atoms with E-state index in [1.165, 1.54) is 14.2 Å². The first-order valence-corrected chi connectivity index (χ1v) is 11.8. The van der Waals surface area contributed by atoms with Crippen molar-refractivity contribution in [2.75, 3.05) is 21.3 Å². The van der Waals surface area contributed by atoms with Gasteiger partial charge in [-0.2, -0.15) is 0 Å². The average Bonchev–Trinajstić information content (AvgIpc) is 2.89. The minimum absolute atomic E-state index is 0.116. The highest BCUT2D eigenvalue weighted by Crippen LogP contribution is 2.52. The van der Waals surface area contributed by atoms with Crippen LogP contribution in [0.3, 0.4) is 0 Å². The third-order valence-corrected chi connectivity index (χ3v) is 7.00. The lowest BCUT2D eigenvalue weighted by Gasteiger charge is -2.36. The van der Waals surface area contributed by atoms with Gasteiger partial charge < -0.3 is 39.0 Å². The lowest BCUT2D eigenvalue weighted by Crippen LogP contribution is -2.32. The van der Waals surface area contributed by atoms with Gasteiger partial charge in [0.2, 0.25) is 5.75 Å². The van der Waals surface area contributed by atoms with Crippen LogP contribution in [0.15, 0.2) is 36.4 Å². The third kappa shape index (κ3) is 3.91. The highest BCUT2D eigenvalue weighted by atomic mass is 16.5. The lowest BCUT2D eigenvalue weighted by atomic mass is 9.87. The number of benzene rings is 3. The van der Waals surface area contributed by atoms with Crippen LogP contribution in [-0.4, -0.2) is 42.8 Å². The second-order valence-electron chi connectivity index (χ2n) is 9.09. The maximum absolute atomic E-state index is 11.1. The van der Waals surface area contributed by atoms with Crippen molar-refractivity contribution in [3.8, 4) is 40.2 Å². The Balaban J connectivity index is 1.56. The number of methoxy groups -OCH3 is 3. The summed E-state index contributed by atoms with van der Waals surface area (Å²) >= 11 is 0. The molecular formula is C28H30O8. The monoisotopic (exact) mass is 494 g/mol. The number of hydrogen-bond acceptors (Lipinski definition) is 8. The molecule has 0 saturated carbocycles. The van der Waals surface area contributed by atoms with Gasteiger partial charge in [-0.1, -0.05) is 12.1 Å². The minimum atomic E-state index is -0.864. The summed E-state index contributed by atoms with van der Waals surface area (Å²) in [7, 11) is 4.52. The van der Waals surface area contributed by atoms with Gasteiger partial charge in [0.15, 0.2) is 17.6 Å². The second kappa shape index (κ2) is 9.35. The molecule has 0 spiro atoms. The van der Waals surface area contributed by atoms with Crippen molar-refractivity contribution < 1.29 is 39.0 Å². The summed E-state index contributed by atoms with van der Waals surface area (Å²) in [6.45, 7) is 1.95. The number of rotatable bonds is 5. The largest absolute Gasteiger partial charge is 0.508 e. The van der Waals surface area contributed by atoms with Crippen molar-refractivity contribution in [1.29, 1.82) is 0 Å². The van der Waals surface area contributed by atoms with Crippen LogP contribution in [0.4, 0.5) is 0 Å². The predicted octanol–water partition coefficient (Wildman–Crippen LogP) is 4.54. The van der Waals surface area contributed by atoms with E-state index in [1.54, 1.807) is 31.4 Å². The highest BCUT2D eigenvalue weighted by Gasteiger charge is 2.38. The van der Waals surface area contributed by atoms with Crippen LogP contribution in [0.2, 0.25) is 0 Å². The number of fused-ring (bicyclic) bond motifs is 2. The van der Waals surface area contributed by atoms with Crippen LogP contribution in [-0.2, 0) is 12.8 Å². The summed E-state index contributed by atoms with van der Waals surface area (Å²) in [6, 6.07) is 10.3. The summed E-state index contributed by atoms with van der Waals surface area (Å²) in [5, 5.41) is 31.1. The van der Waals surface area contributed by atoms with E-state index in [4.69, 9.17) is 23.7 Å². The van der Waals surface area contributed by atoms with Gasteiger partial charge >= 0.3 is 0 Å². The van der Waals surface area contributed by atoms with Gasteiger partial charge in [0, 0.05) is 28.7 Å². The molecule has 0 radical (unpaired) electrons. The van der Waals surface area contributed by atoms with Crippen LogP contribution in [0.5, 0.6) is 40.2 Å². The van der Waals surface area contributed by atoms with Crippen LogP contribution in [0.25, 0.3) is 0 Å². The number of aromatic hydroxyl groups is 2. The molecule has 2 aliphatic rings. The van der Waals surface area contributed by atoms with Gasteiger partial charge in [-0.05, 0) is 49.6 Å². The maximum Gasteiger partial charge on any atom is 0.200 e. The Bertz CT molecular complexity index is 1260. The number of hydrogen-bond donors (Lipinski definition) is 3. The van der Waals surface area contributed by atoms with E-state index in [2.05, 4.69) is 0 Å². The fourth-order valence-electron chi connectivity index (χ4n) is 5.21. The molecule has 2 heterocycles. The molecular weight excluding hydrogens is 464 g/mol. The zero-order valence-electron chi connectivity index (χ0n) is 20.7. The van der Waals surface area contributed by atoms with Crippen molar-refractivity contribution in [3.05, 3.63) is 64.2 Å². The minimum Gasteiger partial charge on any atom is -0.508 e. The zero-order valence-corrected chi connectivity index (χ0v) is 20.7. The topological polar surface area (TPSA) is 107 Å². The van der Waals surface area contributed by atoms with Crippen molar-refractivity contribution in [2.24, 2.45) is 0 Å². The van der Waals surface area contributed by atoms with E-state index in [0.29, 0.717) is 29.2 Å². The number of aliphatic hydroxyl groups excluding tert-OH is 1. The molecule has 5 rings (SSSR count). The van der Waals surface area contributed by atoms with Crippen molar-refractivity contribution in [2.45, 2.75) is 44.5 Å². The van der Waals surface area contributed by atoms with E-state index in [0.717, 1.165) is 35.1 Å². The van der Waals surface area contributed by atoms with E-state index in [-0.39, 0.29) is 29.1 Å². The SMILES string of the molecule is COc1cc(C2Oc3c(C)c4c(c(OC)c3CC2O)CCC(c2ccc(O)cc2)O4)cc(OC)c1O. The molecule has 3 unspecified atom stereocenters. The molecule has 3 N–H and O–H groups in total. The standard InChI is InChI=1S/C28H30O8/c1-14-25-18(9-10-21(35-25)15-5-7-17(29)8-6-15)28(34-4)19-13-20(30)27(36-26(14)19)16-11-22(32-2)24(31)23(12-16)33-3/h5-8,11-12,20-21,27,29-31H,9-10,13H2,1-4H3. The summed E-state index contributed by atoms with van der Waals surface area (Å²) in [5.74, 6) is 2.55. The Morgan fingerprint density at radius 1 is 0.833 bits per heavy atom. The van der Waals surface area contributed by atoms with Crippen LogP contribution in [0, 0.1) is 6.92 Å². The Hall–Kier alpha value is -3.78. The molecule has 0 bridgehead atoms. The van der Waals surface area contributed by atoms with Gasteiger partial charge in [-0.3, -0.25) is 0 Å². The molecule has 3 aromatic carbocycles. The summed E-state index contributed by atoms with van der Waals surface area (Å²) < 4.78 is 29.3. The Kier molecular flexibility index (Phi) is 6.22. The van der Waals surface area contributed by atoms with E-state index in [1.807, 2.05) is 19.1 Å². The van der Waals surface area contributed by atoms with E-state index >= 15 is 0 Å². The van der Waals surface area contributed by atoms with Gasteiger partial charge in [0.05, 0.1) is 27.4 Å².